The van der Waals surface area contributed by atoms with Gasteiger partial charge < -0.3 is 4.90 Å². The SMILES string of the molecule is CCN(CC)C(=O)c1cccc(S(=O)(=O)N(C)c2ccccc2F)c1. The summed E-state index contributed by atoms with van der Waals surface area (Å²) < 4.78 is 40.4. The number of nitrogens with zero attached hydrogens (tertiary/aromatic N) is 2. The van der Waals surface area contributed by atoms with Crippen molar-refractivity contribution in [1.82, 2.24) is 4.90 Å². The third kappa shape index (κ3) is 3.82. The lowest BCUT2D eigenvalue weighted by atomic mass is 10.2. The van der Waals surface area contributed by atoms with E-state index in [1.807, 2.05) is 13.8 Å². The molecule has 2 rings (SSSR count). The normalized spacial score (nSPS) is 11.2. The van der Waals surface area contributed by atoms with Crippen LogP contribution in [0.4, 0.5) is 10.1 Å². The van der Waals surface area contributed by atoms with Crippen LogP contribution in [0.3, 0.4) is 0 Å². The number of benzene rings is 2. The van der Waals surface area contributed by atoms with E-state index in [1.165, 1.54) is 43.4 Å². The molecule has 25 heavy (non-hydrogen) atoms. The molecule has 0 saturated carbocycles. The number of sulfonamides is 1. The van der Waals surface area contributed by atoms with Crippen LogP contribution in [0.1, 0.15) is 24.2 Å². The van der Waals surface area contributed by atoms with Crippen LogP contribution >= 0.6 is 0 Å². The minimum absolute atomic E-state index is 0.0528. The van der Waals surface area contributed by atoms with Gasteiger partial charge in [-0.15, -0.1) is 0 Å². The molecule has 0 bridgehead atoms. The highest BCUT2D eigenvalue weighted by molar-refractivity contribution is 7.92. The van der Waals surface area contributed by atoms with E-state index in [0.29, 0.717) is 13.1 Å². The van der Waals surface area contributed by atoms with Gasteiger partial charge in [-0.1, -0.05) is 18.2 Å². The zero-order valence-electron chi connectivity index (χ0n) is 14.4. The molecule has 0 radical (unpaired) electrons. The van der Waals surface area contributed by atoms with Gasteiger partial charge in [-0.25, -0.2) is 12.8 Å². The molecule has 0 aliphatic rings. The van der Waals surface area contributed by atoms with Gasteiger partial charge >= 0.3 is 0 Å². The van der Waals surface area contributed by atoms with Crippen molar-refractivity contribution in [2.45, 2.75) is 18.7 Å². The first-order valence-corrected chi connectivity index (χ1v) is 9.39. The van der Waals surface area contributed by atoms with Crippen molar-refractivity contribution in [3.63, 3.8) is 0 Å². The van der Waals surface area contributed by atoms with E-state index < -0.39 is 15.8 Å². The van der Waals surface area contributed by atoms with Gasteiger partial charge in [0.15, 0.2) is 0 Å². The molecule has 2 aromatic carbocycles. The first-order chi connectivity index (χ1) is 11.8. The molecule has 5 nitrogen and oxygen atoms in total. The Bertz CT molecular complexity index is 864. The summed E-state index contributed by atoms with van der Waals surface area (Å²) in [5.41, 5.74) is 0.231. The lowest BCUT2D eigenvalue weighted by Crippen LogP contribution is -2.31. The largest absolute Gasteiger partial charge is 0.339 e. The lowest BCUT2D eigenvalue weighted by Gasteiger charge is -2.21. The highest BCUT2D eigenvalue weighted by Crippen LogP contribution is 2.25. The Labute approximate surface area is 147 Å². The maximum Gasteiger partial charge on any atom is 0.264 e. The van der Waals surface area contributed by atoms with Crippen molar-refractivity contribution in [2.75, 3.05) is 24.4 Å². The standard InChI is InChI=1S/C18H21FN2O3S/c1-4-21(5-2)18(22)14-9-8-10-15(13-14)25(23,24)20(3)17-12-7-6-11-16(17)19/h6-13H,4-5H2,1-3H3. The summed E-state index contributed by atoms with van der Waals surface area (Å²) in [7, 11) is -2.70. The molecule has 0 aliphatic carbocycles. The minimum Gasteiger partial charge on any atom is -0.339 e. The molecule has 0 aliphatic heterocycles. The van der Waals surface area contributed by atoms with Gasteiger partial charge in [-0.3, -0.25) is 9.10 Å². The number of para-hydroxylation sites is 1. The number of halogens is 1. The van der Waals surface area contributed by atoms with Crippen LogP contribution in [0.25, 0.3) is 0 Å². The van der Waals surface area contributed by atoms with Gasteiger partial charge in [0.25, 0.3) is 15.9 Å². The Kier molecular flexibility index (Phi) is 5.79. The Hall–Kier alpha value is -2.41. The van der Waals surface area contributed by atoms with Gasteiger partial charge in [-0.2, -0.15) is 0 Å². The zero-order chi connectivity index (χ0) is 18.6. The van der Waals surface area contributed by atoms with Gasteiger partial charge in [0, 0.05) is 25.7 Å². The second kappa shape index (κ2) is 7.65. The quantitative estimate of drug-likeness (QED) is 0.791. The van der Waals surface area contributed by atoms with Crippen LogP contribution < -0.4 is 4.31 Å². The molecule has 0 N–H and O–H groups in total. The van der Waals surface area contributed by atoms with Crippen LogP contribution in [0.2, 0.25) is 0 Å². The number of anilines is 1. The Balaban J connectivity index is 2.42. The summed E-state index contributed by atoms with van der Waals surface area (Å²) in [6.07, 6.45) is 0. The average molecular weight is 364 g/mol. The predicted octanol–water partition coefficient (Wildman–Crippen LogP) is 3.13. The smallest absolute Gasteiger partial charge is 0.264 e. The first kappa shape index (κ1) is 18.9. The average Bonchev–Trinajstić information content (AvgIpc) is 2.62. The molecule has 0 spiro atoms. The van der Waals surface area contributed by atoms with E-state index in [1.54, 1.807) is 17.0 Å². The molecule has 0 saturated heterocycles. The van der Waals surface area contributed by atoms with Crippen molar-refractivity contribution in [2.24, 2.45) is 0 Å². The fraction of sp³-hybridized carbons (Fsp3) is 0.278. The van der Waals surface area contributed by atoms with E-state index in [2.05, 4.69) is 0 Å². The van der Waals surface area contributed by atoms with Gasteiger partial charge in [0.1, 0.15) is 5.82 Å². The number of carbonyl (C=O) groups excluding carboxylic acids is 1. The van der Waals surface area contributed by atoms with Gasteiger partial charge in [0.2, 0.25) is 0 Å². The Morgan fingerprint density at radius 2 is 1.68 bits per heavy atom. The number of hydrogen-bond acceptors (Lipinski definition) is 3. The topological polar surface area (TPSA) is 57.7 Å². The minimum atomic E-state index is -3.99. The number of carbonyl (C=O) groups is 1. The summed E-state index contributed by atoms with van der Waals surface area (Å²) in [5, 5.41) is 0. The van der Waals surface area contributed by atoms with Crippen molar-refractivity contribution >= 4 is 21.6 Å². The van der Waals surface area contributed by atoms with Crippen molar-refractivity contribution < 1.29 is 17.6 Å². The maximum atomic E-state index is 13.9. The molecule has 1 amide bonds. The number of hydrogen-bond donors (Lipinski definition) is 0. The summed E-state index contributed by atoms with van der Waals surface area (Å²) >= 11 is 0. The predicted molar refractivity (Wildman–Crippen MR) is 95.7 cm³/mol. The Morgan fingerprint density at radius 1 is 1.04 bits per heavy atom. The number of amides is 1. The van der Waals surface area contributed by atoms with Gasteiger partial charge in [0.05, 0.1) is 10.6 Å². The van der Waals surface area contributed by atoms with E-state index in [0.717, 1.165) is 4.31 Å². The third-order valence-corrected chi connectivity index (χ3v) is 5.75. The van der Waals surface area contributed by atoms with E-state index >= 15 is 0 Å². The molecule has 0 fully saturated rings. The zero-order valence-corrected chi connectivity index (χ0v) is 15.3. The van der Waals surface area contributed by atoms with E-state index in [9.17, 15) is 17.6 Å². The molecule has 0 heterocycles. The van der Waals surface area contributed by atoms with E-state index in [4.69, 9.17) is 0 Å². The first-order valence-electron chi connectivity index (χ1n) is 7.95. The summed E-state index contributed by atoms with van der Waals surface area (Å²) in [4.78, 5) is 14.0. The second-order valence-corrected chi connectivity index (χ2v) is 7.40. The maximum absolute atomic E-state index is 13.9. The van der Waals surface area contributed by atoms with Crippen LogP contribution in [-0.2, 0) is 10.0 Å². The van der Waals surface area contributed by atoms with Crippen molar-refractivity contribution in [3.8, 4) is 0 Å². The summed E-state index contributed by atoms with van der Waals surface area (Å²) in [5.74, 6) is -0.875. The summed E-state index contributed by atoms with van der Waals surface area (Å²) in [6, 6.07) is 11.4. The van der Waals surface area contributed by atoms with Gasteiger partial charge in [-0.05, 0) is 44.2 Å². The van der Waals surface area contributed by atoms with Crippen molar-refractivity contribution in [3.05, 3.63) is 59.9 Å². The molecule has 7 heteroatoms. The number of rotatable bonds is 6. The molecule has 0 aromatic heterocycles. The van der Waals surface area contributed by atoms with Crippen LogP contribution in [0.15, 0.2) is 53.4 Å². The molecular formula is C18H21FN2O3S. The Morgan fingerprint density at radius 3 is 2.28 bits per heavy atom. The van der Waals surface area contributed by atoms with E-state index in [-0.39, 0.29) is 22.1 Å². The highest BCUT2D eigenvalue weighted by Gasteiger charge is 2.24. The highest BCUT2D eigenvalue weighted by atomic mass is 32.2. The fourth-order valence-electron chi connectivity index (χ4n) is 2.48. The third-order valence-electron chi connectivity index (χ3n) is 3.98. The second-order valence-electron chi connectivity index (χ2n) is 5.43. The fourth-order valence-corrected chi connectivity index (χ4v) is 3.73. The van der Waals surface area contributed by atoms with Crippen molar-refractivity contribution in [1.29, 1.82) is 0 Å². The molecule has 0 unspecified atom stereocenters. The van der Waals surface area contributed by atoms with Crippen LogP contribution in [-0.4, -0.2) is 39.4 Å². The summed E-state index contributed by atoms with van der Waals surface area (Å²) in [6.45, 7) is 4.77. The monoisotopic (exact) mass is 364 g/mol. The van der Waals surface area contributed by atoms with Crippen LogP contribution in [0, 0.1) is 5.82 Å². The molecule has 134 valence electrons. The molecule has 2 aromatic rings. The molecule has 0 atom stereocenters. The molecular weight excluding hydrogens is 343 g/mol. The van der Waals surface area contributed by atoms with Crippen LogP contribution in [0.5, 0.6) is 0 Å². The lowest BCUT2D eigenvalue weighted by molar-refractivity contribution is 0.0772.